The van der Waals surface area contributed by atoms with Crippen molar-refractivity contribution in [3.05, 3.63) is 29.9 Å². The molecular formula is C8H6FNO2. The van der Waals surface area contributed by atoms with Crippen LogP contribution in [-0.4, -0.2) is 10.1 Å². The highest BCUT2D eigenvalue weighted by atomic mass is 19.1. The van der Waals surface area contributed by atoms with Gasteiger partial charge in [-0.05, 0) is 6.07 Å². The zero-order chi connectivity index (χ0) is 8.55. The molecule has 0 aliphatic heterocycles. The molecule has 0 spiro atoms. The lowest BCUT2D eigenvalue weighted by atomic mass is 10.2. The smallest absolute Gasteiger partial charge is 0.382 e. The maximum Gasteiger partial charge on any atom is 0.382 e. The minimum atomic E-state index is -0.870. The zero-order valence-corrected chi connectivity index (χ0v) is 6.12. The summed E-state index contributed by atoms with van der Waals surface area (Å²) in [7, 11) is 0. The molecule has 0 saturated heterocycles. The van der Waals surface area contributed by atoms with Gasteiger partial charge in [-0.15, -0.1) is 4.39 Å². The number of aromatic nitrogens is 1. The maximum absolute atomic E-state index is 12.5. The molecule has 0 atom stereocenters. The quantitative estimate of drug-likeness (QED) is 0.699. The van der Waals surface area contributed by atoms with E-state index in [0.717, 1.165) is 0 Å². The van der Waals surface area contributed by atoms with Crippen LogP contribution in [0.5, 0.6) is 0 Å². The number of hydrogen-bond donors (Lipinski definition) is 1. The van der Waals surface area contributed by atoms with Crippen molar-refractivity contribution in [1.29, 1.82) is 0 Å². The number of oxazole rings is 1. The van der Waals surface area contributed by atoms with E-state index in [1.807, 2.05) is 0 Å². The van der Waals surface area contributed by atoms with Crippen molar-refractivity contribution in [2.45, 2.75) is 6.61 Å². The van der Waals surface area contributed by atoms with Crippen molar-refractivity contribution in [2.24, 2.45) is 0 Å². The summed E-state index contributed by atoms with van der Waals surface area (Å²) >= 11 is 0. The summed E-state index contributed by atoms with van der Waals surface area (Å²) in [4.78, 5) is 3.48. The predicted molar refractivity (Wildman–Crippen MR) is 39.9 cm³/mol. The zero-order valence-electron chi connectivity index (χ0n) is 6.12. The standard InChI is InChI=1S/C8H6FNO2/c9-8-10-6-3-1-2-5(4-11)7(6)12-8/h1-3,11H,4H2. The number of fused-ring (bicyclic) bond motifs is 1. The Morgan fingerprint density at radius 3 is 3.08 bits per heavy atom. The summed E-state index contributed by atoms with van der Waals surface area (Å²) in [6.07, 6.45) is -0.870. The van der Waals surface area contributed by atoms with Crippen LogP contribution in [0.1, 0.15) is 5.56 Å². The summed E-state index contributed by atoms with van der Waals surface area (Å²) < 4.78 is 17.1. The Bertz CT molecular complexity index is 410. The maximum atomic E-state index is 12.5. The molecule has 62 valence electrons. The number of halogens is 1. The fourth-order valence-electron chi connectivity index (χ4n) is 1.10. The lowest BCUT2D eigenvalue weighted by Gasteiger charge is -1.93. The van der Waals surface area contributed by atoms with E-state index in [4.69, 9.17) is 5.11 Å². The van der Waals surface area contributed by atoms with Gasteiger partial charge in [0.1, 0.15) is 5.52 Å². The van der Waals surface area contributed by atoms with Gasteiger partial charge >= 0.3 is 6.14 Å². The molecule has 0 amide bonds. The van der Waals surface area contributed by atoms with E-state index in [9.17, 15) is 4.39 Å². The van der Waals surface area contributed by atoms with Gasteiger partial charge in [0.15, 0.2) is 5.58 Å². The van der Waals surface area contributed by atoms with Gasteiger partial charge in [0.25, 0.3) is 0 Å². The van der Waals surface area contributed by atoms with E-state index in [-0.39, 0.29) is 6.61 Å². The largest absolute Gasteiger partial charge is 0.414 e. The summed E-state index contributed by atoms with van der Waals surface area (Å²) in [5.41, 5.74) is 1.29. The van der Waals surface area contributed by atoms with Crippen LogP contribution in [0.2, 0.25) is 0 Å². The Labute approximate surface area is 67.5 Å². The molecule has 0 bridgehead atoms. The molecule has 1 aromatic carbocycles. The van der Waals surface area contributed by atoms with E-state index < -0.39 is 6.14 Å². The van der Waals surface area contributed by atoms with Crippen LogP contribution < -0.4 is 0 Å². The summed E-state index contributed by atoms with van der Waals surface area (Å²) in [5.74, 6) is 0. The molecule has 0 saturated carbocycles. The minimum Gasteiger partial charge on any atom is -0.414 e. The SMILES string of the molecule is OCc1cccc2nc(F)oc12. The molecule has 0 unspecified atom stereocenters. The van der Waals surface area contributed by atoms with Gasteiger partial charge in [-0.2, -0.15) is 4.98 Å². The average Bonchev–Trinajstić information content (AvgIpc) is 2.44. The predicted octanol–water partition coefficient (Wildman–Crippen LogP) is 1.46. The molecule has 0 aliphatic rings. The third-order valence-corrected chi connectivity index (χ3v) is 1.64. The van der Waals surface area contributed by atoms with Crippen molar-refractivity contribution >= 4 is 11.1 Å². The fourth-order valence-corrected chi connectivity index (χ4v) is 1.10. The highest BCUT2D eigenvalue weighted by molar-refractivity contribution is 5.75. The number of benzene rings is 1. The van der Waals surface area contributed by atoms with Gasteiger partial charge in [0.2, 0.25) is 0 Å². The van der Waals surface area contributed by atoms with Gasteiger partial charge < -0.3 is 9.52 Å². The van der Waals surface area contributed by atoms with Gasteiger partial charge in [0.05, 0.1) is 6.61 Å². The number of hydrogen-bond acceptors (Lipinski definition) is 3. The van der Waals surface area contributed by atoms with Crippen molar-refractivity contribution < 1.29 is 13.9 Å². The first kappa shape index (κ1) is 7.24. The average molecular weight is 167 g/mol. The molecule has 1 aromatic heterocycles. The highest BCUT2D eigenvalue weighted by Gasteiger charge is 2.07. The third kappa shape index (κ3) is 0.967. The Morgan fingerprint density at radius 2 is 2.33 bits per heavy atom. The van der Waals surface area contributed by atoms with E-state index in [1.54, 1.807) is 18.2 Å². The van der Waals surface area contributed by atoms with Crippen molar-refractivity contribution in [3.63, 3.8) is 0 Å². The molecular weight excluding hydrogens is 161 g/mol. The van der Waals surface area contributed by atoms with E-state index in [2.05, 4.69) is 9.40 Å². The van der Waals surface area contributed by atoms with E-state index in [0.29, 0.717) is 16.7 Å². The van der Waals surface area contributed by atoms with Crippen LogP contribution in [-0.2, 0) is 6.61 Å². The van der Waals surface area contributed by atoms with Gasteiger partial charge in [-0.25, -0.2) is 0 Å². The molecule has 12 heavy (non-hydrogen) atoms. The highest BCUT2D eigenvalue weighted by Crippen LogP contribution is 2.18. The summed E-state index contributed by atoms with van der Waals surface area (Å²) in [5, 5.41) is 8.83. The van der Waals surface area contributed by atoms with Crippen LogP contribution in [0.25, 0.3) is 11.1 Å². The first-order chi connectivity index (χ1) is 5.81. The third-order valence-electron chi connectivity index (χ3n) is 1.64. The topological polar surface area (TPSA) is 46.3 Å². The fraction of sp³-hybridized carbons (Fsp3) is 0.125. The molecule has 0 aliphatic carbocycles. The summed E-state index contributed by atoms with van der Waals surface area (Å²) in [6.45, 7) is -0.175. The second kappa shape index (κ2) is 2.57. The normalized spacial score (nSPS) is 10.8. The number of aliphatic hydroxyl groups excluding tert-OH is 1. The number of para-hydroxylation sites is 1. The van der Waals surface area contributed by atoms with Crippen LogP contribution >= 0.6 is 0 Å². The molecule has 4 heteroatoms. The van der Waals surface area contributed by atoms with E-state index >= 15 is 0 Å². The van der Waals surface area contributed by atoms with Crippen molar-refractivity contribution in [1.82, 2.24) is 4.98 Å². The molecule has 1 heterocycles. The van der Waals surface area contributed by atoms with Gasteiger partial charge in [-0.1, -0.05) is 12.1 Å². The molecule has 3 nitrogen and oxygen atoms in total. The lowest BCUT2D eigenvalue weighted by molar-refractivity contribution is 0.279. The van der Waals surface area contributed by atoms with Crippen LogP contribution in [0.4, 0.5) is 4.39 Å². The van der Waals surface area contributed by atoms with Crippen molar-refractivity contribution in [3.8, 4) is 0 Å². The van der Waals surface area contributed by atoms with Crippen molar-refractivity contribution in [2.75, 3.05) is 0 Å². The first-order valence-corrected chi connectivity index (χ1v) is 3.46. The molecule has 0 radical (unpaired) electrons. The Balaban J connectivity index is 2.78. The Morgan fingerprint density at radius 1 is 1.50 bits per heavy atom. The minimum absolute atomic E-state index is 0.175. The van der Waals surface area contributed by atoms with Gasteiger partial charge in [-0.3, -0.25) is 0 Å². The first-order valence-electron chi connectivity index (χ1n) is 3.46. The van der Waals surface area contributed by atoms with Crippen LogP contribution in [0.3, 0.4) is 0 Å². The monoisotopic (exact) mass is 167 g/mol. The molecule has 2 aromatic rings. The second-order valence-electron chi connectivity index (χ2n) is 2.39. The Kier molecular flexibility index (Phi) is 1.55. The number of nitrogens with zero attached hydrogens (tertiary/aromatic N) is 1. The second-order valence-corrected chi connectivity index (χ2v) is 2.39. The van der Waals surface area contributed by atoms with E-state index in [1.165, 1.54) is 0 Å². The van der Waals surface area contributed by atoms with Crippen LogP contribution in [0.15, 0.2) is 22.6 Å². The summed E-state index contributed by atoms with van der Waals surface area (Å²) in [6, 6.07) is 4.98. The Hall–Kier alpha value is -1.42. The molecule has 2 rings (SSSR count). The molecule has 1 N–H and O–H groups in total. The number of aliphatic hydroxyl groups is 1. The molecule has 0 fully saturated rings. The van der Waals surface area contributed by atoms with Crippen LogP contribution in [0, 0.1) is 6.14 Å². The lowest BCUT2D eigenvalue weighted by Crippen LogP contribution is -1.81. The van der Waals surface area contributed by atoms with Gasteiger partial charge in [0, 0.05) is 5.56 Å². The number of rotatable bonds is 1.